The molecule has 4 heteroatoms. The average Bonchev–Trinajstić information content (AvgIpc) is 2.35. The van der Waals surface area contributed by atoms with E-state index in [1.54, 1.807) is 7.11 Å². The molecule has 0 fully saturated rings. The van der Waals surface area contributed by atoms with Gasteiger partial charge >= 0.3 is 5.97 Å². The molecule has 0 saturated heterocycles. The van der Waals surface area contributed by atoms with Crippen molar-refractivity contribution in [3.05, 3.63) is 29.8 Å². The molecule has 0 aliphatic carbocycles. The summed E-state index contributed by atoms with van der Waals surface area (Å²) in [5, 5.41) is 8.54. The van der Waals surface area contributed by atoms with Crippen LogP contribution in [0.2, 0.25) is 0 Å². The van der Waals surface area contributed by atoms with Gasteiger partial charge in [-0.2, -0.15) is 0 Å². The van der Waals surface area contributed by atoms with Crippen LogP contribution < -0.4 is 4.74 Å². The normalized spacial score (nSPS) is 10.6. The molecule has 1 N–H and O–H groups in total. The van der Waals surface area contributed by atoms with Gasteiger partial charge in [0, 0.05) is 13.0 Å². The predicted octanol–water partition coefficient (Wildman–Crippen LogP) is 2.38. The Balaban J connectivity index is 2.26. The summed E-state index contributed by atoms with van der Waals surface area (Å²) in [6.07, 6.45) is 1.91. The molecular weight excluding hydrogens is 230 g/mol. The minimum absolute atomic E-state index is 0.260. The van der Waals surface area contributed by atoms with Gasteiger partial charge < -0.3 is 14.7 Å². The van der Waals surface area contributed by atoms with E-state index in [2.05, 4.69) is 4.90 Å². The maximum absolute atomic E-state index is 10.4. The Bertz CT molecular complexity index is 362. The van der Waals surface area contributed by atoms with Crippen molar-refractivity contribution in [3.8, 4) is 5.75 Å². The van der Waals surface area contributed by atoms with Crippen LogP contribution in [0.5, 0.6) is 5.75 Å². The third kappa shape index (κ3) is 5.68. The quantitative estimate of drug-likeness (QED) is 0.721. The number of carboxylic acids is 1. The monoisotopic (exact) mass is 251 g/mol. The van der Waals surface area contributed by atoms with Crippen molar-refractivity contribution in [2.24, 2.45) is 0 Å². The molecule has 0 saturated carbocycles. The number of aliphatic carboxylic acids is 1. The zero-order valence-electron chi connectivity index (χ0n) is 11.1. The number of unbranched alkanes of at least 4 members (excludes halogenated alkanes) is 1. The third-order valence-electron chi connectivity index (χ3n) is 2.79. The maximum atomic E-state index is 10.4. The van der Waals surface area contributed by atoms with E-state index in [-0.39, 0.29) is 6.42 Å². The molecule has 0 unspecified atom stereocenters. The average molecular weight is 251 g/mol. The van der Waals surface area contributed by atoms with Crippen molar-refractivity contribution in [3.63, 3.8) is 0 Å². The Morgan fingerprint density at radius 1 is 1.28 bits per heavy atom. The summed E-state index contributed by atoms with van der Waals surface area (Å²) < 4.78 is 5.11. The van der Waals surface area contributed by atoms with Crippen LogP contribution in [0.3, 0.4) is 0 Å². The maximum Gasteiger partial charge on any atom is 0.303 e. The van der Waals surface area contributed by atoms with Crippen LogP contribution >= 0.6 is 0 Å². The topological polar surface area (TPSA) is 49.8 Å². The molecule has 1 rings (SSSR count). The molecule has 0 aliphatic heterocycles. The highest BCUT2D eigenvalue weighted by atomic mass is 16.5. The van der Waals surface area contributed by atoms with Crippen molar-refractivity contribution in [1.29, 1.82) is 0 Å². The summed E-state index contributed by atoms with van der Waals surface area (Å²) in [4.78, 5) is 12.6. The molecule has 0 amide bonds. The zero-order valence-corrected chi connectivity index (χ0v) is 11.1. The van der Waals surface area contributed by atoms with Crippen molar-refractivity contribution in [2.75, 3.05) is 20.7 Å². The molecule has 4 nitrogen and oxygen atoms in total. The predicted molar refractivity (Wildman–Crippen MR) is 70.8 cm³/mol. The first-order valence-electron chi connectivity index (χ1n) is 6.15. The van der Waals surface area contributed by atoms with Crippen molar-refractivity contribution in [2.45, 2.75) is 25.8 Å². The van der Waals surface area contributed by atoms with E-state index in [4.69, 9.17) is 9.84 Å². The highest BCUT2D eigenvalue weighted by Crippen LogP contribution is 2.12. The summed E-state index contributed by atoms with van der Waals surface area (Å²) in [7, 11) is 3.70. The van der Waals surface area contributed by atoms with Crippen molar-refractivity contribution in [1.82, 2.24) is 4.90 Å². The lowest BCUT2D eigenvalue weighted by atomic mass is 10.2. The number of hydrogen-bond acceptors (Lipinski definition) is 3. The molecular formula is C14H21NO3. The summed E-state index contributed by atoms with van der Waals surface area (Å²) in [6.45, 7) is 1.79. The fourth-order valence-corrected chi connectivity index (χ4v) is 1.78. The summed E-state index contributed by atoms with van der Waals surface area (Å²) in [6, 6.07) is 8.00. The number of hydrogen-bond donors (Lipinski definition) is 1. The van der Waals surface area contributed by atoms with Gasteiger partial charge in [-0.15, -0.1) is 0 Å². The molecule has 0 aliphatic rings. The Hall–Kier alpha value is -1.55. The largest absolute Gasteiger partial charge is 0.497 e. The zero-order chi connectivity index (χ0) is 13.4. The van der Waals surface area contributed by atoms with Crippen LogP contribution in [-0.2, 0) is 11.3 Å². The molecule has 1 aromatic rings. The molecule has 0 spiro atoms. The van der Waals surface area contributed by atoms with E-state index in [0.29, 0.717) is 0 Å². The standard InChI is InChI=1S/C14H21NO3/c1-15(10-4-3-5-14(16)17)11-12-6-8-13(18-2)9-7-12/h6-9H,3-5,10-11H2,1-2H3,(H,16,17). The van der Waals surface area contributed by atoms with Gasteiger partial charge in [0.05, 0.1) is 7.11 Å². The minimum Gasteiger partial charge on any atom is -0.497 e. The van der Waals surface area contributed by atoms with Gasteiger partial charge in [-0.1, -0.05) is 12.1 Å². The molecule has 0 radical (unpaired) electrons. The summed E-state index contributed by atoms with van der Waals surface area (Å²) in [5.74, 6) is 0.149. The third-order valence-corrected chi connectivity index (χ3v) is 2.79. The highest BCUT2D eigenvalue weighted by Gasteiger charge is 2.02. The second-order valence-corrected chi connectivity index (χ2v) is 4.44. The smallest absolute Gasteiger partial charge is 0.303 e. The Kier molecular flexibility index (Phi) is 6.22. The van der Waals surface area contributed by atoms with Gasteiger partial charge in [0.15, 0.2) is 0 Å². The second kappa shape index (κ2) is 7.71. The molecule has 0 bridgehead atoms. The highest BCUT2D eigenvalue weighted by molar-refractivity contribution is 5.66. The number of carboxylic acid groups (broad SMARTS) is 1. The fraction of sp³-hybridized carbons (Fsp3) is 0.500. The first-order chi connectivity index (χ1) is 8.61. The first-order valence-corrected chi connectivity index (χ1v) is 6.15. The SMILES string of the molecule is COc1ccc(CN(C)CCCCC(=O)O)cc1. The van der Waals surface area contributed by atoms with Gasteiger partial charge in [-0.3, -0.25) is 4.79 Å². The Morgan fingerprint density at radius 3 is 2.50 bits per heavy atom. The molecule has 1 aromatic carbocycles. The fourth-order valence-electron chi connectivity index (χ4n) is 1.78. The lowest BCUT2D eigenvalue weighted by Gasteiger charge is -2.16. The Labute approximate surface area is 108 Å². The van der Waals surface area contributed by atoms with Crippen LogP contribution in [0, 0.1) is 0 Å². The first kappa shape index (κ1) is 14.5. The van der Waals surface area contributed by atoms with Gasteiger partial charge in [0.2, 0.25) is 0 Å². The van der Waals surface area contributed by atoms with Crippen LogP contribution in [-0.4, -0.2) is 36.7 Å². The van der Waals surface area contributed by atoms with E-state index < -0.39 is 5.97 Å². The van der Waals surface area contributed by atoms with Crippen molar-refractivity contribution < 1.29 is 14.6 Å². The van der Waals surface area contributed by atoms with E-state index in [1.165, 1.54) is 5.56 Å². The van der Waals surface area contributed by atoms with Gasteiger partial charge in [0.25, 0.3) is 0 Å². The van der Waals surface area contributed by atoms with Crippen LogP contribution in [0.15, 0.2) is 24.3 Å². The lowest BCUT2D eigenvalue weighted by molar-refractivity contribution is -0.137. The van der Waals surface area contributed by atoms with E-state index in [1.807, 2.05) is 31.3 Å². The Morgan fingerprint density at radius 2 is 1.94 bits per heavy atom. The molecule has 18 heavy (non-hydrogen) atoms. The minimum atomic E-state index is -0.715. The second-order valence-electron chi connectivity index (χ2n) is 4.44. The number of nitrogens with zero attached hydrogens (tertiary/aromatic N) is 1. The van der Waals surface area contributed by atoms with Gasteiger partial charge in [-0.05, 0) is 44.1 Å². The van der Waals surface area contributed by atoms with E-state index >= 15 is 0 Å². The number of carbonyl (C=O) groups is 1. The van der Waals surface area contributed by atoms with E-state index in [9.17, 15) is 4.79 Å². The molecule has 0 atom stereocenters. The van der Waals surface area contributed by atoms with E-state index in [0.717, 1.165) is 31.7 Å². The van der Waals surface area contributed by atoms with Gasteiger partial charge in [0.1, 0.15) is 5.75 Å². The van der Waals surface area contributed by atoms with Crippen molar-refractivity contribution >= 4 is 5.97 Å². The summed E-state index contributed by atoms with van der Waals surface area (Å²) >= 11 is 0. The summed E-state index contributed by atoms with van der Waals surface area (Å²) in [5.41, 5.74) is 1.23. The van der Waals surface area contributed by atoms with Crippen LogP contribution in [0.25, 0.3) is 0 Å². The number of rotatable bonds is 8. The number of ether oxygens (including phenoxy) is 1. The molecule has 0 aromatic heterocycles. The lowest BCUT2D eigenvalue weighted by Crippen LogP contribution is -2.19. The van der Waals surface area contributed by atoms with Gasteiger partial charge in [-0.25, -0.2) is 0 Å². The van der Waals surface area contributed by atoms with Crippen LogP contribution in [0.1, 0.15) is 24.8 Å². The number of methoxy groups -OCH3 is 1. The van der Waals surface area contributed by atoms with Crippen LogP contribution in [0.4, 0.5) is 0 Å². The number of benzene rings is 1. The molecule has 100 valence electrons. The molecule has 0 heterocycles.